The van der Waals surface area contributed by atoms with Crippen LogP contribution in [0.1, 0.15) is 91.4 Å². The molecule has 0 amide bonds. The van der Waals surface area contributed by atoms with Crippen LogP contribution in [-0.2, 0) is 0 Å². The van der Waals surface area contributed by atoms with Crippen LogP contribution in [0.25, 0.3) is 0 Å². The van der Waals surface area contributed by atoms with Gasteiger partial charge in [-0.1, -0.05) is 76.4 Å². The summed E-state index contributed by atoms with van der Waals surface area (Å²) in [6.45, 7) is 6.51. The molecule has 0 N–H and O–H groups in total. The fourth-order valence-electron chi connectivity index (χ4n) is 2.37. The molecule has 1 unspecified atom stereocenters. The predicted molar refractivity (Wildman–Crippen MR) is 85.5 cm³/mol. The molecule has 0 saturated carbocycles. The Labute approximate surface area is 120 Å². The van der Waals surface area contributed by atoms with Crippen molar-refractivity contribution >= 4 is 11.6 Å². The highest BCUT2D eigenvalue weighted by Gasteiger charge is 1.95. The van der Waals surface area contributed by atoms with E-state index in [1.807, 2.05) is 6.92 Å². The molecule has 0 aliphatic rings. The summed E-state index contributed by atoms with van der Waals surface area (Å²) in [4.78, 5) is 0. The summed E-state index contributed by atoms with van der Waals surface area (Å²) in [7, 11) is 0. The Morgan fingerprint density at radius 1 is 0.889 bits per heavy atom. The minimum Gasteiger partial charge on any atom is -0.119 e. The van der Waals surface area contributed by atoms with Gasteiger partial charge in [0.1, 0.15) is 0 Å². The van der Waals surface area contributed by atoms with E-state index in [0.717, 1.165) is 0 Å². The summed E-state index contributed by atoms with van der Waals surface area (Å²) in [5.41, 5.74) is 1.46. The van der Waals surface area contributed by atoms with E-state index in [-0.39, 0.29) is 5.38 Å². The summed E-state index contributed by atoms with van der Waals surface area (Å²) in [5.74, 6) is 0. The second kappa shape index (κ2) is 13.5. The number of hydrogen-bond donors (Lipinski definition) is 0. The first-order valence-electron chi connectivity index (χ1n) is 7.98. The van der Waals surface area contributed by atoms with Crippen molar-refractivity contribution in [1.82, 2.24) is 0 Å². The zero-order chi connectivity index (χ0) is 13.6. The van der Waals surface area contributed by atoms with Gasteiger partial charge in [-0.05, 0) is 26.7 Å². The molecule has 0 fully saturated rings. The molecule has 0 heterocycles. The molecule has 0 spiro atoms. The SMILES string of the molecule is CCCCCCCCCCCCC(C)=CC(C)Cl. The molecular weight excluding hydrogens is 240 g/mol. The van der Waals surface area contributed by atoms with E-state index in [1.165, 1.54) is 76.2 Å². The summed E-state index contributed by atoms with van der Waals surface area (Å²) in [6.07, 6.45) is 17.5. The smallest absolute Gasteiger partial charge is 0.0490 e. The fraction of sp³-hybridized carbons (Fsp3) is 0.882. The highest BCUT2D eigenvalue weighted by Crippen LogP contribution is 2.14. The van der Waals surface area contributed by atoms with Crippen LogP contribution in [0.15, 0.2) is 11.6 Å². The third-order valence-electron chi connectivity index (χ3n) is 3.44. The number of alkyl halides is 1. The van der Waals surface area contributed by atoms with Gasteiger partial charge in [-0.15, -0.1) is 11.6 Å². The zero-order valence-electron chi connectivity index (χ0n) is 12.8. The van der Waals surface area contributed by atoms with Crippen LogP contribution in [0.5, 0.6) is 0 Å². The van der Waals surface area contributed by atoms with Gasteiger partial charge in [0.05, 0.1) is 0 Å². The van der Waals surface area contributed by atoms with E-state index in [9.17, 15) is 0 Å². The molecule has 0 aromatic rings. The first-order valence-corrected chi connectivity index (χ1v) is 8.41. The molecule has 0 bridgehead atoms. The summed E-state index contributed by atoms with van der Waals surface area (Å²) in [5, 5.41) is 0.188. The molecule has 1 atom stereocenters. The molecule has 0 saturated heterocycles. The lowest BCUT2D eigenvalue weighted by Crippen LogP contribution is -1.87. The molecule has 108 valence electrons. The quantitative estimate of drug-likeness (QED) is 0.207. The van der Waals surface area contributed by atoms with Crippen LogP contribution in [0.3, 0.4) is 0 Å². The average molecular weight is 273 g/mol. The summed E-state index contributed by atoms with van der Waals surface area (Å²) in [6, 6.07) is 0. The maximum Gasteiger partial charge on any atom is 0.0490 e. The third kappa shape index (κ3) is 14.1. The first-order chi connectivity index (χ1) is 8.66. The lowest BCUT2D eigenvalue weighted by Gasteiger charge is -2.04. The van der Waals surface area contributed by atoms with E-state index in [4.69, 9.17) is 11.6 Å². The molecule has 0 aliphatic carbocycles. The van der Waals surface area contributed by atoms with E-state index in [2.05, 4.69) is 19.9 Å². The Kier molecular flexibility index (Phi) is 13.5. The number of halogens is 1. The van der Waals surface area contributed by atoms with E-state index in [0.29, 0.717) is 0 Å². The molecule has 0 aliphatic heterocycles. The van der Waals surface area contributed by atoms with Gasteiger partial charge >= 0.3 is 0 Å². The lowest BCUT2D eigenvalue weighted by atomic mass is 10.0. The fourth-order valence-corrected chi connectivity index (χ4v) is 2.58. The molecule has 18 heavy (non-hydrogen) atoms. The molecule has 0 nitrogen and oxygen atoms in total. The summed E-state index contributed by atoms with van der Waals surface area (Å²) < 4.78 is 0. The van der Waals surface area contributed by atoms with Crippen molar-refractivity contribution in [3.63, 3.8) is 0 Å². The zero-order valence-corrected chi connectivity index (χ0v) is 13.6. The first kappa shape index (κ1) is 18.0. The minimum absolute atomic E-state index is 0.188. The number of unbranched alkanes of at least 4 members (excludes halogenated alkanes) is 9. The largest absolute Gasteiger partial charge is 0.119 e. The van der Waals surface area contributed by atoms with Gasteiger partial charge in [-0.25, -0.2) is 0 Å². The highest BCUT2D eigenvalue weighted by molar-refractivity contribution is 6.21. The Morgan fingerprint density at radius 3 is 1.78 bits per heavy atom. The topological polar surface area (TPSA) is 0 Å². The summed E-state index contributed by atoms with van der Waals surface area (Å²) >= 11 is 5.93. The number of allylic oxidation sites excluding steroid dienone is 2. The monoisotopic (exact) mass is 272 g/mol. The Balaban J connectivity index is 3.16. The predicted octanol–water partition coefficient (Wildman–Crippen LogP) is 6.87. The van der Waals surface area contributed by atoms with Crippen LogP contribution >= 0.6 is 11.6 Å². The average Bonchev–Trinajstić information content (AvgIpc) is 2.30. The van der Waals surface area contributed by atoms with Gasteiger partial charge in [0.2, 0.25) is 0 Å². The molecule has 0 aromatic heterocycles. The van der Waals surface area contributed by atoms with Crippen LogP contribution in [0, 0.1) is 0 Å². The number of hydrogen-bond acceptors (Lipinski definition) is 0. The second-order valence-electron chi connectivity index (χ2n) is 5.62. The molecule has 0 rings (SSSR count). The standard InChI is InChI=1S/C17H33Cl/c1-4-5-6-7-8-9-10-11-12-13-14-16(2)15-17(3)18/h15,17H,4-14H2,1-3H3. The molecular formula is C17H33Cl. The van der Waals surface area contributed by atoms with Crippen LogP contribution in [0.4, 0.5) is 0 Å². The Morgan fingerprint density at radius 2 is 1.33 bits per heavy atom. The third-order valence-corrected chi connectivity index (χ3v) is 3.56. The molecule has 1 heteroatoms. The highest BCUT2D eigenvalue weighted by atomic mass is 35.5. The van der Waals surface area contributed by atoms with Crippen molar-refractivity contribution < 1.29 is 0 Å². The maximum absolute atomic E-state index is 5.93. The molecule has 0 aromatic carbocycles. The minimum atomic E-state index is 0.188. The van der Waals surface area contributed by atoms with Crippen molar-refractivity contribution in [3.8, 4) is 0 Å². The van der Waals surface area contributed by atoms with E-state index >= 15 is 0 Å². The lowest BCUT2D eigenvalue weighted by molar-refractivity contribution is 0.556. The molecule has 0 radical (unpaired) electrons. The van der Waals surface area contributed by atoms with Crippen LogP contribution in [-0.4, -0.2) is 5.38 Å². The van der Waals surface area contributed by atoms with Crippen molar-refractivity contribution in [2.45, 2.75) is 96.8 Å². The van der Waals surface area contributed by atoms with E-state index in [1.54, 1.807) is 0 Å². The van der Waals surface area contributed by atoms with E-state index < -0.39 is 0 Å². The van der Waals surface area contributed by atoms with Gasteiger partial charge < -0.3 is 0 Å². The second-order valence-corrected chi connectivity index (χ2v) is 6.31. The Hall–Kier alpha value is 0.0300. The van der Waals surface area contributed by atoms with Gasteiger partial charge in [-0.3, -0.25) is 0 Å². The van der Waals surface area contributed by atoms with Crippen molar-refractivity contribution in [3.05, 3.63) is 11.6 Å². The van der Waals surface area contributed by atoms with Crippen molar-refractivity contribution in [2.75, 3.05) is 0 Å². The van der Waals surface area contributed by atoms with Gasteiger partial charge in [-0.2, -0.15) is 0 Å². The van der Waals surface area contributed by atoms with Crippen molar-refractivity contribution in [2.24, 2.45) is 0 Å². The maximum atomic E-state index is 5.93. The van der Waals surface area contributed by atoms with Crippen LogP contribution < -0.4 is 0 Å². The normalized spacial score (nSPS) is 13.9. The van der Waals surface area contributed by atoms with Gasteiger partial charge in [0.15, 0.2) is 0 Å². The van der Waals surface area contributed by atoms with Gasteiger partial charge in [0.25, 0.3) is 0 Å². The van der Waals surface area contributed by atoms with Crippen LogP contribution in [0.2, 0.25) is 0 Å². The van der Waals surface area contributed by atoms with Crippen molar-refractivity contribution in [1.29, 1.82) is 0 Å². The van der Waals surface area contributed by atoms with Gasteiger partial charge in [0, 0.05) is 5.38 Å². The number of rotatable bonds is 12. The Bertz CT molecular complexity index is 194.